The van der Waals surface area contributed by atoms with Crippen LogP contribution in [0.2, 0.25) is 0 Å². The molecule has 3 N–H and O–H groups in total. The Hall–Kier alpha value is -0.950. The van der Waals surface area contributed by atoms with E-state index in [1.165, 1.54) is 0 Å². The molecule has 0 saturated heterocycles. The van der Waals surface area contributed by atoms with Crippen molar-refractivity contribution in [3.05, 3.63) is 22.4 Å². The van der Waals surface area contributed by atoms with E-state index in [2.05, 4.69) is 10.6 Å². The zero-order chi connectivity index (χ0) is 13.2. The van der Waals surface area contributed by atoms with E-state index in [0.29, 0.717) is 19.7 Å². The molecule has 1 atom stereocenters. The summed E-state index contributed by atoms with van der Waals surface area (Å²) in [5.41, 5.74) is 0. The molecular weight excluding hydrogens is 252 g/mol. The van der Waals surface area contributed by atoms with Crippen molar-refractivity contribution in [3.63, 3.8) is 0 Å². The molecule has 0 bridgehead atoms. The number of ether oxygens (including phenoxy) is 1. The summed E-state index contributed by atoms with van der Waals surface area (Å²) < 4.78 is 5.36. The number of aliphatic hydroxyl groups excluding tert-OH is 1. The second kappa shape index (κ2) is 9.04. The molecule has 0 spiro atoms. The maximum Gasteiger partial charge on any atom is 0.233 e. The lowest BCUT2D eigenvalue weighted by Gasteiger charge is -2.11. The van der Waals surface area contributed by atoms with Gasteiger partial charge in [-0.25, -0.2) is 0 Å². The molecule has 0 aliphatic carbocycles. The number of likely N-dealkylation sites (N-methyl/N-ethyl adjacent to an activating group) is 1. The minimum absolute atomic E-state index is 0.0656. The molecule has 5 nitrogen and oxygen atoms in total. The van der Waals surface area contributed by atoms with Gasteiger partial charge in [-0.05, 0) is 18.4 Å². The van der Waals surface area contributed by atoms with E-state index < -0.39 is 6.10 Å². The summed E-state index contributed by atoms with van der Waals surface area (Å²) in [4.78, 5) is 12.2. The van der Waals surface area contributed by atoms with E-state index in [4.69, 9.17) is 4.74 Å². The van der Waals surface area contributed by atoms with E-state index in [0.717, 1.165) is 4.88 Å². The minimum atomic E-state index is -0.598. The maximum atomic E-state index is 11.1. The Bertz CT molecular complexity index is 330. The van der Waals surface area contributed by atoms with Crippen LogP contribution in [0.1, 0.15) is 11.8 Å². The van der Waals surface area contributed by atoms with Crippen LogP contribution in [0.15, 0.2) is 17.5 Å². The van der Waals surface area contributed by atoms with Gasteiger partial charge in [-0.1, -0.05) is 6.07 Å². The average molecular weight is 272 g/mol. The molecule has 18 heavy (non-hydrogen) atoms. The van der Waals surface area contributed by atoms with E-state index >= 15 is 0 Å². The van der Waals surface area contributed by atoms with Gasteiger partial charge in [-0.3, -0.25) is 4.79 Å². The second-order valence-electron chi connectivity index (χ2n) is 3.83. The zero-order valence-electron chi connectivity index (χ0n) is 10.5. The van der Waals surface area contributed by atoms with Crippen molar-refractivity contribution in [1.29, 1.82) is 0 Å². The number of carbonyl (C=O) groups is 1. The van der Waals surface area contributed by atoms with Crippen molar-refractivity contribution >= 4 is 17.2 Å². The van der Waals surface area contributed by atoms with E-state index in [1.807, 2.05) is 24.4 Å². The smallest absolute Gasteiger partial charge is 0.233 e. The van der Waals surface area contributed by atoms with Crippen molar-refractivity contribution in [2.24, 2.45) is 0 Å². The van der Waals surface area contributed by atoms with Crippen LogP contribution in [0.25, 0.3) is 0 Å². The van der Waals surface area contributed by atoms with Gasteiger partial charge in [0.2, 0.25) is 5.91 Å². The molecule has 1 aromatic rings. The van der Waals surface area contributed by atoms with Crippen LogP contribution in [0.5, 0.6) is 0 Å². The minimum Gasteiger partial charge on any atom is -0.389 e. The Balaban J connectivity index is 2.00. The summed E-state index contributed by atoms with van der Waals surface area (Å²) in [6.45, 7) is 3.83. The number of hydrogen-bond donors (Lipinski definition) is 3. The molecule has 0 aliphatic rings. The quantitative estimate of drug-likeness (QED) is 0.607. The Morgan fingerprint density at radius 1 is 1.61 bits per heavy atom. The van der Waals surface area contributed by atoms with Crippen LogP contribution < -0.4 is 10.6 Å². The lowest BCUT2D eigenvalue weighted by molar-refractivity contribution is -0.120. The zero-order valence-corrected chi connectivity index (χ0v) is 11.3. The van der Waals surface area contributed by atoms with Crippen LogP contribution in [0.3, 0.4) is 0 Å². The summed E-state index contributed by atoms with van der Waals surface area (Å²) in [6, 6.07) is 3.96. The highest BCUT2D eigenvalue weighted by Crippen LogP contribution is 2.09. The molecule has 6 heteroatoms. The standard InChI is InChI=1S/C12H20N2O3S/c1-2-14-12(16)7-13-6-10(15)8-17-9-11-4-3-5-18-11/h3-5,10,13,15H,2,6-9H2,1H3,(H,14,16). The van der Waals surface area contributed by atoms with Gasteiger partial charge in [0.25, 0.3) is 0 Å². The number of amides is 1. The molecule has 1 unspecified atom stereocenters. The van der Waals surface area contributed by atoms with E-state index in [1.54, 1.807) is 11.3 Å². The first-order valence-electron chi connectivity index (χ1n) is 5.98. The van der Waals surface area contributed by atoms with Crippen molar-refractivity contribution in [1.82, 2.24) is 10.6 Å². The number of thiophene rings is 1. The molecule has 0 aromatic carbocycles. The van der Waals surface area contributed by atoms with E-state index in [9.17, 15) is 9.90 Å². The monoisotopic (exact) mass is 272 g/mol. The van der Waals surface area contributed by atoms with Gasteiger partial charge in [-0.2, -0.15) is 0 Å². The van der Waals surface area contributed by atoms with E-state index in [-0.39, 0.29) is 19.1 Å². The Kier molecular flexibility index (Phi) is 7.59. The summed E-state index contributed by atoms with van der Waals surface area (Å²) in [5, 5.41) is 17.1. The summed E-state index contributed by atoms with van der Waals surface area (Å²) in [7, 11) is 0. The van der Waals surface area contributed by atoms with Crippen molar-refractivity contribution in [3.8, 4) is 0 Å². The first-order valence-corrected chi connectivity index (χ1v) is 6.86. The van der Waals surface area contributed by atoms with Crippen molar-refractivity contribution < 1.29 is 14.6 Å². The van der Waals surface area contributed by atoms with Crippen LogP contribution in [0.4, 0.5) is 0 Å². The lowest BCUT2D eigenvalue weighted by Crippen LogP contribution is -2.38. The normalized spacial score (nSPS) is 12.3. The van der Waals surface area contributed by atoms with Gasteiger partial charge >= 0.3 is 0 Å². The van der Waals surface area contributed by atoms with Crippen LogP contribution >= 0.6 is 11.3 Å². The summed E-state index contributed by atoms with van der Waals surface area (Å²) in [6.07, 6.45) is -0.598. The Morgan fingerprint density at radius 3 is 3.11 bits per heavy atom. The number of aliphatic hydroxyl groups is 1. The molecule has 0 fully saturated rings. The third kappa shape index (κ3) is 6.70. The fourth-order valence-corrected chi connectivity index (χ4v) is 2.00. The van der Waals surface area contributed by atoms with Gasteiger partial charge in [0.1, 0.15) is 0 Å². The Labute approximate surface area is 111 Å². The number of nitrogens with one attached hydrogen (secondary N) is 2. The highest BCUT2D eigenvalue weighted by atomic mass is 32.1. The van der Waals surface area contributed by atoms with Crippen LogP contribution in [-0.4, -0.2) is 43.4 Å². The highest BCUT2D eigenvalue weighted by molar-refractivity contribution is 7.09. The second-order valence-corrected chi connectivity index (χ2v) is 4.86. The first-order chi connectivity index (χ1) is 8.72. The molecular formula is C12H20N2O3S. The number of rotatable bonds is 9. The molecule has 102 valence electrons. The molecule has 0 radical (unpaired) electrons. The number of carbonyl (C=O) groups excluding carboxylic acids is 1. The molecule has 0 aliphatic heterocycles. The molecule has 0 saturated carbocycles. The van der Waals surface area contributed by atoms with Crippen molar-refractivity contribution in [2.75, 3.05) is 26.2 Å². The summed E-state index contributed by atoms with van der Waals surface area (Å²) >= 11 is 1.63. The Morgan fingerprint density at radius 2 is 2.44 bits per heavy atom. The van der Waals surface area contributed by atoms with Gasteiger partial charge in [-0.15, -0.1) is 11.3 Å². The van der Waals surface area contributed by atoms with Crippen LogP contribution in [-0.2, 0) is 16.1 Å². The number of hydrogen-bond acceptors (Lipinski definition) is 5. The fraction of sp³-hybridized carbons (Fsp3) is 0.583. The average Bonchev–Trinajstić information content (AvgIpc) is 2.82. The fourth-order valence-electron chi connectivity index (χ4n) is 1.36. The van der Waals surface area contributed by atoms with Gasteiger partial charge < -0.3 is 20.5 Å². The lowest BCUT2D eigenvalue weighted by atomic mass is 10.3. The topological polar surface area (TPSA) is 70.6 Å². The SMILES string of the molecule is CCNC(=O)CNCC(O)COCc1cccs1. The van der Waals surface area contributed by atoms with Crippen molar-refractivity contribution in [2.45, 2.75) is 19.6 Å². The first kappa shape index (κ1) is 15.1. The van der Waals surface area contributed by atoms with Gasteiger partial charge in [0, 0.05) is 18.0 Å². The van der Waals surface area contributed by atoms with Gasteiger partial charge in [0.15, 0.2) is 0 Å². The van der Waals surface area contributed by atoms with Crippen LogP contribution in [0, 0.1) is 0 Å². The molecule has 1 rings (SSSR count). The molecule has 1 aromatic heterocycles. The highest BCUT2D eigenvalue weighted by Gasteiger charge is 2.05. The summed E-state index contributed by atoms with van der Waals surface area (Å²) in [5.74, 6) is -0.0656. The molecule has 1 amide bonds. The third-order valence-corrected chi connectivity index (χ3v) is 3.02. The predicted octanol–water partition coefficient (Wildman–Crippen LogP) is 0.351. The third-order valence-electron chi connectivity index (χ3n) is 2.17. The largest absolute Gasteiger partial charge is 0.389 e. The predicted molar refractivity (Wildman–Crippen MR) is 71.5 cm³/mol. The van der Waals surface area contributed by atoms with Gasteiger partial charge in [0.05, 0.1) is 25.9 Å². The molecule has 1 heterocycles. The maximum absolute atomic E-state index is 11.1.